The van der Waals surface area contributed by atoms with Crippen molar-refractivity contribution in [3.05, 3.63) is 89.5 Å². The van der Waals surface area contributed by atoms with Gasteiger partial charge >= 0.3 is 0 Å². The normalized spacial score (nSPS) is 10.0. The van der Waals surface area contributed by atoms with Crippen molar-refractivity contribution < 1.29 is 9.18 Å². The summed E-state index contributed by atoms with van der Waals surface area (Å²) in [5, 5.41) is 14.8. The molecule has 0 aliphatic heterocycles. The van der Waals surface area contributed by atoms with Crippen LogP contribution in [0, 0.1) is 17.1 Å². The molecule has 3 aromatic rings. The summed E-state index contributed by atoms with van der Waals surface area (Å²) in [6.45, 7) is 0.287. The van der Waals surface area contributed by atoms with Gasteiger partial charge in [0.25, 0.3) is 5.91 Å². The molecule has 2 aromatic carbocycles. The van der Waals surface area contributed by atoms with E-state index in [9.17, 15) is 9.18 Å². The number of hydrogen-bond acceptors (Lipinski definition) is 4. The van der Waals surface area contributed by atoms with Gasteiger partial charge < -0.3 is 10.6 Å². The summed E-state index contributed by atoms with van der Waals surface area (Å²) >= 11 is 0. The Kier molecular flexibility index (Phi) is 5.20. The second kappa shape index (κ2) is 7.90. The van der Waals surface area contributed by atoms with Crippen molar-refractivity contribution >= 4 is 17.3 Å². The average Bonchev–Trinajstić information content (AvgIpc) is 2.68. The zero-order valence-corrected chi connectivity index (χ0v) is 13.7. The fourth-order valence-corrected chi connectivity index (χ4v) is 2.38. The van der Waals surface area contributed by atoms with Gasteiger partial charge in [0.1, 0.15) is 17.6 Å². The van der Waals surface area contributed by atoms with E-state index >= 15 is 0 Å². The van der Waals surface area contributed by atoms with Crippen LogP contribution in [0.1, 0.15) is 21.6 Å². The Morgan fingerprint density at radius 3 is 2.69 bits per heavy atom. The summed E-state index contributed by atoms with van der Waals surface area (Å²) in [4.78, 5) is 16.4. The van der Waals surface area contributed by atoms with Crippen LogP contribution >= 0.6 is 0 Å². The van der Waals surface area contributed by atoms with E-state index in [2.05, 4.69) is 15.6 Å². The third-order valence-electron chi connectivity index (χ3n) is 3.73. The van der Waals surface area contributed by atoms with Crippen molar-refractivity contribution in [3.8, 4) is 6.07 Å². The maximum Gasteiger partial charge on any atom is 0.274 e. The van der Waals surface area contributed by atoms with E-state index in [0.717, 1.165) is 0 Å². The van der Waals surface area contributed by atoms with E-state index < -0.39 is 5.91 Å². The molecular formula is C20H15FN4O. The highest BCUT2D eigenvalue weighted by Gasteiger charge is 2.11. The number of benzene rings is 2. The van der Waals surface area contributed by atoms with Crippen molar-refractivity contribution in [3.63, 3.8) is 0 Å². The lowest BCUT2D eigenvalue weighted by molar-refractivity contribution is 0.102. The third kappa shape index (κ3) is 4.02. The second-order valence-electron chi connectivity index (χ2n) is 5.49. The monoisotopic (exact) mass is 346 g/mol. The molecule has 2 N–H and O–H groups in total. The van der Waals surface area contributed by atoms with E-state index in [-0.39, 0.29) is 18.1 Å². The molecule has 1 heterocycles. The Morgan fingerprint density at radius 2 is 1.88 bits per heavy atom. The highest BCUT2D eigenvalue weighted by Crippen LogP contribution is 2.16. The average molecular weight is 346 g/mol. The van der Waals surface area contributed by atoms with Crippen LogP contribution < -0.4 is 10.6 Å². The predicted molar refractivity (Wildman–Crippen MR) is 97.1 cm³/mol. The lowest BCUT2D eigenvalue weighted by atomic mass is 10.2. The number of amides is 1. The minimum Gasteiger partial charge on any atom is -0.381 e. The van der Waals surface area contributed by atoms with E-state index in [4.69, 9.17) is 5.26 Å². The van der Waals surface area contributed by atoms with Gasteiger partial charge in [0.2, 0.25) is 0 Å². The number of para-hydroxylation sites is 1. The lowest BCUT2D eigenvalue weighted by Crippen LogP contribution is -2.15. The summed E-state index contributed by atoms with van der Waals surface area (Å²) in [6, 6.07) is 18.5. The molecule has 0 spiro atoms. The number of halogens is 1. The van der Waals surface area contributed by atoms with Crippen LogP contribution in [0.4, 0.5) is 15.8 Å². The molecule has 0 aliphatic rings. The number of carbonyl (C=O) groups excluding carboxylic acids is 1. The van der Waals surface area contributed by atoms with Crippen molar-refractivity contribution in [2.45, 2.75) is 6.54 Å². The van der Waals surface area contributed by atoms with Crippen LogP contribution in [0.15, 0.2) is 66.9 Å². The van der Waals surface area contributed by atoms with Gasteiger partial charge in [-0.3, -0.25) is 9.78 Å². The Hall–Kier alpha value is -3.72. The number of nitrogens with zero attached hydrogens (tertiary/aromatic N) is 2. The number of pyridine rings is 1. The molecular weight excluding hydrogens is 331 g/mol. The van der Waals surface area contributed by atoms with Crippen LogP contribution in [0.25, 0.3) is 0 Å². The number of carbonyl (C=O) groups is 1. The van der Waals surface area contributed by atoms with E-state index in [0.29, 0.717) is 22.5 Å². The maximum atomic E-state index is 13.7. The minimum absolute atomic E-state index is 0.191. The molecule has 0 saturated heterocycles. The fourth-order valence-electron chi connectivity index (χ4n) is 2.38. The minimum atomic E-state index is -0.428. The third-order valence-corrected chi connectivity index (χ3v) is 3.73. The molecule has 0 atom stereocenters. The molecule has 0 aliphatic carbocycles. The van der Waals surface area contributed by atoms with Gasteiger partial charge in [-0.2, -0.15) is 5.26 Å². The molecule has 1 amide bonds. The molecule has 0 unspecified atom stereocenters. The SMILES string of the molecule is N#Cc1ccccc1NC(=O)c1cc(NCc2ccccc2F)ccn1. The Morgan fingerprint density at radius 1 is 1.12 bits per heavy atom. The summed E-state index contributed by atoms with van der Waals surface area (Å²) in [7, 11) is 0. The molecule has 1 aromatic heterocycles. The molecule has 128 valence electrons. The molecule has 6 heteroatoms. The molecule has 0 radical (unpaired) electrons. The summed E-state index contributed by atoms with van der Waals surface area (Å²) in [5.41, 5.74) is 2.15. The predicted octanol–water partition coefficient (Wildman–Crippen LogP) is 3.96. The molecule has 0 bridgehead atoms. The van der Waals surface area contributed by atoms with Crippen molar-refractivity contribution in [2.24, 2.45) is 0 Å². The highest BCUT2D eigenvalue weighted by atomic mass is 19.1. The number of nitrogens with one attached hydrogen (secondary N) is 2. The van der Waals surface area contributed by atoms with Crippen molar-refractivity contribution in [1.82, 2.24) is 4.98 Å². The number of hydrogen-bond donors (Lipinski definition) is 2. The molecule has 3 rings (SSSR count). The van der Waals surface area contributed by atoms with Crippen LogP contribution in [-0.4, -0.2) is 10.9 Å². The van der Waals surface area contributed by atoms with Gasteiger partial charge in [-0.15, -0.1) is 0 Å². The van der Waals surface area contributed by atoms with Crippen LogP contribution in [0.3, 0.4) is 0 Å². The smallest absolute Gasteiger partial charge is 0.274 e. The van der Waals surface area contributed by atoms with Gasteiger partial charge in [-0.05, 0) is 30.3 Å². The summed E-state index contributed by atoms with van der Waals surface area (Å²) in [6.07, 6.45) is 1.49. The quantitative estimate of drug-likeness (QED) is 0.733. The van der Waals surface area contributed by atoms with Crippen LogP contribution in [0.5, 0.6) is 0 Å². The fraction of sp³-hybridized carbons (Fsp3) is 0.0500. The zero-order valence-electron chi connectivity index (χ0n) is 13.7. The number of nitriles is 1. The van der Waals surface area contributed by atoms with E-state index in [1.165, 1.54) is 12.3 Å². The van der Waals surface area contributed by atoms with Crippen LogP contribution in [-0.2, 0) is 6.54 Å². The number of anilines is 2. The van der Waals surface area contributed by atoms with Crippen molar-refractivity contribution in [2.75, 3.05) is 10.6 Å². The number of rotatable bonds is 5. The van der Waals surface area contributed by atoms with Gasteiger partial charge in [0, 0.05) is 24.0 Å². The first-order valence-corrected chi connectivity index (χ1v) is 7.91. The Balaban J connectivity index is 1.71. The lowest BCUT2D eigenvalue weighted by Gasteiger charge is -2.10. The molecule has 0 fully saturated rings. The van der Waals surface area contributed by atoms with Crippen LogP contribution in [0.2, 0.25) is 0 Å². The Labute approximate surface area is 150 Å². The molecule has 0 saturated carbocycles. The van der Waals surface area contributed by atoms with E-state index in [1.54, 1.807) is 54.6 Å². The van der Waals surface area contributed by atoms with Gasteiger partial charge in [0.05, 0.1) is 11.3 Å². The Bertz CT molecular complexity index is 981. The first-order chi connectivity index (χ1) is 12.7. The summed E-state index contributed by atoms with van der Waals surface area (Å²) in [5.74, 6) is -0.720. The summed E-state index contributed by atoms with van der Waals surface area (Å²) < 4.78 is 13.7. The van der Waals surface area contributed by atoms with Gasteiger partial charge in [-0.1, -0.05) is 30.3 Å². The maximum absolute atomic E-state index is 13.7. The molecule has 26 heavy (non-hydrogen) atoms. The first-order valence-electron chi connectivity index (χ1n) is 7.91. The second-order valence-corrected chi connectivity index (χ2v) is 5.49. The number of aromatic nitrogens is 1. The topological polar surface area (TPSA) is 77.8 Å². The van der Waals surface area contributed by atoms with Gasteiger partial charge in [0.15, 0.2) is 0 Å². The molecule has 5 nitrogen and oxygen atoms in total. The zero-order chi connectivity index (χ0) is 18.4. The standard InChI is InChI=1S/C20H15FN4O/c21-17-7-3-1-6-15(17)13-24-16-9-10-23-19(11-16)20(26)25-18-8-4-2-5-14(18)12-22/h1-11H,13H2,(H,23,24)(H,25,26). The first kappa shape index (κ1) is 17.1. The van der Waals surface area contributed by atoms with E-state index in [1.807, 2.05) is 6.07 Å². The largest absolute Gasteiger partial charge is 0.381 e. The van der Waals surface area contributed by atoms with Crippen molar-refractivity contribution in [1.29, 1.82) is 5.26 Å². The highest BCUT2D eigenvalue weighted by molar-refractivity contribution is 6.04. The van der Waals surface area contributed by atoms with Gasteiger partial charge in [-0.25, -0.2) is 4.39 Å².